The van der Waals surface area contributed by atoms with Crippen molar-refractivity contribution < 1.29 is 4.42 Å². The summed E-state index contributed by atoms with van der Waals surface area (Å²) in [4.78, 5) is 0. The lowest BCUT2D eigenvalue weighted by atomic mass is 9.93. The minimum atomic E-state index is 0.150. The fourth-order valence-electron chi connectivity index (χ4n) is 2.81. The van der Waals surface area contributed by atoms with E-state index in [1.807, 2.05) is 12.1 Å². The predicted molar refractivity (Wildman–Crippen MR) is 81.5 cm³/mol. The number of hydrogen-bond acceptors (Lipinski definition) is 2. The van der Waals surface area contributed by atoms with Gasteiger partial charge in [-0.3, -0.25) is 0 Å². The molecule has 0 saturated carbocycles. The summed E-state index contributed by atoms with van der Waals surface area (Å²) < 4.78 is 5.61. The Balaban J connectivity index is 1.71. The maximum Gasteiger partial charge on any atom is 0.125 e. The van der Waals surface area contributed by atoms with E-state index in [1.165, 1.54) is 24.8 Å². The van der Waals surface area contributed by atoms with Crippen molar-refractivity contribution in [1.82, 2.24) is 5.32 Å². The summed E-state index contributed by atoms with van der Waals surface area (Å²) >= 11 is 0. The van der Waals surface area contributed by atoms with Crippen molar-refractivity contribution in [3.05, 3.63) is 72.2 Å². The van der Waals surface area contributed by atoms with Gasteiger partial charge in [-0.15, -0.1) is 0 Å². The smallest absolute Gasteiger partial charge is 0.125 e. The Hall–Kier alpha value is -1.80. The van der Waals surface area contributed by atoms with Crippen molar-refractivity contribution in [2.45, 2.75) is 25.3 Å². The molecule has 20 heavy (non-hydrogen) atoms. The highest BCUT2D eigenvalue weighted by molar-refractivity contribution is 5.26. The van der Waals surface area contributed by atoms with E-state index in [0.717, 1.165) is 18.2 Å². The summed E-state index contributed by atoms with van der Waals surface area (Å²) in [5, 5.41) is 3.68. The summed E-state index contributed by atoms with van der Waals surface area (Å²) in [7, 11) is 0. The lowest BCUT2D eigenvalue weighted by Gasteiger charge is -2.23. The molecule has 104 valence electrons. The minimum absolute atomic E-state index is 0.150. The van der Waals surface area contributed by atoms with Crippen LogP contribution < -0.4 is 5.32 Å². The molecule has 1 aliphatic carbocycles. The molecule has 0 fully saturated rings. The topological polar surface area (TPSA) is 25.2 Å². The van der Waals surface area contributed by atoms with E-state index in [-0.39, 0.29) is 6.04 Å². The van der Waals surface area contributed by atoms with Crippen molar-refractivity contribution in [3.8, 4) is 0 Å². The van der Waals surface area contributed by atoms with E-state index in [1.54, 1.807) is 6.26 Å². The molecule has 1 aromatic carbocycles. The van der Waals surface area contributed by atoms with Gasteiger partial charge in [0.1, 0.15) is 5.76 Å². The van der Waals surface area contributed by atoms with Crippen LogP contribution in [0.15, 0.2) is 65.3 Å². The second-order valence-corrected chi connectivity index (χ2v) is 5.42. The molecule has 0 amide bonds. The van der Waals surface area contributed by atoms with Crippen LogP contribution in [0.2, 0.25) is 0 Å². The molecule has 0 spiro atoms. The number of nitrogens with one attached hydrogen (secondary N) is 1. The van der Waals surface area contributed by atoms with Crippen LogP contribution in [0.3, 0.4) is 0 Å². The lowest BCUT2D eigenvalue weighted by molar-refractivity contribution is 0.390. The van der Waals surface area contributed by atoms with E-state index >= 15 is 0 Å². The highest BCUT2D eigenvalue weighted by atomic mass is 16.3. The molecule has 0 saturated heterocycles. The zero-order valence-electron chi connectivity index (χ0n) is 11.7. The predicted octanol–water partition coefficient (Wildman–Crippen LogP) is 4.31. The number of hydrogen-bond donors (Lipinski definition) is 1. The third-order valence-corrected chi connectivity index (χ3v) is 3.95. The van der Waals surface area contributed by atoms with Crippen LogP contribution in [-0.4, -0.2) is 6.54 Å². The quantitative estimate of drug-likeness (QED) is 0.816. The molecule has 1 N–H and O–H groups in total. The van der Waals surface area contributed by atoms with Gasteiger partial charge in [0, 0.05) is 0 Å². The first-order chi connectivity index (χ1) is 9.93. The summed E-state index contributed by atoms with van der Waals surface area (Å²) in [6.45, 7) is 1.03. The minimum Gasteiger partial charge on any atom is -0.467 e. The Morgan fingerprint density at radius 1 is 1.10 bits per heavy atom. The Bertz CT molecular complexity index is 530. The van der Waals surface area contributed by atoms with Crippen molar-refractivity contribution in [2.75, 3.05) is 6.54 Å². The van der Waals surface area contributed by atoms with Gasteiger partial charge in [0.2, 0.25) is 0 Å². The standard InChI is InChI=1S/C18H21NO/c1-3-8-15(9-4-1)14-19-18(17-12-7-13-20-17)16-10-5-2-6-11-16/h1-3,5-7,10-13,15,18-19H,4,8-9,14H2. The summed E-state index contributed by atoms with van der Waals surface area (Å²) in [6, 6.07) is 14.7. The van der Waals surface area contributed by atoms with Crippen LogP contribution in [0.4, 0.5) is 0 Å². The number of allylic oxidation sites excluding steroid dienone is 2. The van der Waals surface area contributed by atoms with Crippen molar-refractivity contribution in [1.29, 1.82) is 0 Å². The van der Waals surface area contributed by atoms with Crippen LogP contribution in [0.1, 0.15) is 36.6 Å². The first-order valence-electron chi connectivity index (χ1n) is 7.40. The highest BCUT2D eigenvalue weighted by Crippen LogP contribution is 2.24. The zero-order chi connectivity index (χ0) is 13.6. The molecule has 0 radical (unpaired) electrons. The molecular weight excluding hydrogens is 246 g/mol. The maximum absolute atomic E-state index is 5.61. The summed E-state index contributed by atoms with van der Waals surface area (Å²) in [6.07, 6.45) is 10.0. The highest BCUT2D eigenvalue weighted by Gasteiger charge is 2.18. The van der Waals surface area contributed by atoms with E-state index in [4.69, 9.17) is 4.42 Å². The maximum atomic E-state index is 5.61. The Morgan fingerprint density at radius 3 is 2.70 bits per heavy atom. The second kappa shape index (κ2) is 6.58. The first kappa shape index (κ1) is 13.2. The molecule has 1 aliphatic rings. The van der Waals surface area contributed by atoms with Gasteiger partial charge in [0.05, 0.1) is 12.3 Å². The number of rotatable bonds is 5. The van der Waals surface area contributed by atoms with Crippen LogP contribution in [-0.2, 0) is 0 Å². The van der Waals surface area contributed by atoms with Crippen molar-refractivity contribution in [3.63, 3.8) is 0 Å². The molecule has 2 atom stereocenters. The van der Waals surface area contributed by atoms with Gasteiger partial charge in [0.15, 0.2) is 0 Å². The van der Waals surface area contributed by atoms with Crippen LogP contribution in [0.25, 0.3) is 0 Å². The molecule has 0 bridgehead atoms. The Morgan fingerprint density at radius 2 is 2.00 bits per heavy atom. The molecule has 1 aromatic heterocycles. The first-order valence-corrected chi connectivity index (χ1v) is 7.40. The second-order valence-electron chi connectivity index (χ2n) is 5.42. The van der Waals surface area contributed by atoms with E-state index in [0.29, 0.717) is 0 Å². The molecule has 2 aromatic rings. The monoisotopic (exact) mass is 267 g/mol. The van der Waals surface area contributed by atoms with Gasteiger partial charge in [-0.25, -0.2) is 0 Å². The zero-order valence-corrected chi connectivity index (χ0v) is 11.7. The average Bonchev–Trinajstić information content (AvgIpc) is 3.04. The SMILES string of the molecule is C1=CCC(CNC(c2ccccc2)c2ccco2)CC1. The Labute approximate surface area is 120 Å². The van der Waals surface area contributed by atoms with Gasteiger partial charge in [-0.1, -0.05) is 42.5 Å². The summed E-state index contributed by atoms with van der Waals surface area (Å²) in [5.74, 6) is 1.73. The molecule has 3 rings (SSSR count). The fraction of sp³-hybridized carbons (Fsp3) is 0.333. The van der Waals surface area contributed by atoms with E-state index in [2.05, 4.69) is 47.8 Å². The van der Waals surface area contributed by atoms with Crippen molar-refractivity contribution >= 4 is 0 Å². The average molecular weight is 267 g/mol. The van der Waals surface area contributed by atoms with Crippen LogP contribution >= 0.6 is 0 Å². The van der Waals surface area contributed by atoms with Crippen LogP contribution in [0.5, 0.6) is 0 Å². The fourth-order valence-corrected chi connectivity index (χ4v) is 2.81. The third kappa shape index (κ3) is 3.20. The summed E-state index contributed by atoms with van der Waals surface area (Å²) in [5.41, 5.74) is 1.26. The third-order valence-electron chi connectivity index (χ3n) is 3.95. The molecule has 2 nitrogen and oxygen atoms in total. The van der Waals surface area contributed by atoms with Gasteiger partial charge >= 0.3 is 0 Å². The van der Waals surface area contributed by atoms with E-state index < -0.39 is 0 Å². The molecule has 0 aliphatic heterocycles. The molecular formula is C18H21NO. The lowest BCUT2D eigenvalue weighted by Crippen LogP contribution is -2.28. The van der Waals surface area contributed by atoms with Gasteiger partial charge in [-0.05, 0) is 49.4 Å². The molecule has 2 heteroatoms. The largest absolute Gasteiger partial charge is 0.467 e. The van der Waals surface area contributed by atoms with Gasteiger partial charge in [-0.2, -0.15) is 0 Å². The van der Waals surface area contributed by atoms with Gasteiger partial charge in [0.25, 0.3) is 0 Å². The Kier molecular flexibility index (Phi) is 4.34. The number of benzene rings is 1. The molecule has 1 heterocycles. The van der Waals surface area contributed by atoms with Crippen molar-refractivity contribution in [2.24, 2.45) is 5.92 Å². The van der Waals surface area contributed by atoms with Gasteiger partial charge < -0.3 is 9.73 Å². The number of furan rings is 1. The normalized spacial score (nSPS) is 19.9. The molecule has 2 unspecified atom stereocenters. The van der Waals surface area contributed by atoms with E-state index in [9.17, 15) is 0 Å². The van der Waals surface area contributed by atoms with Crippen LogP contribution in [0, 0.1) is 5.92 Å².